The van der Waals surface area contributed by atoms with Gasteiger partial charge in [0, 0.05) is 10.6 Å². The monoisotopic (exact) mass is 322 g/mol. The first-order valence-electron chi connectivity index (χ1n) is 6.08. The van der Waals surface area contributed by atoms with Gasteiger partial charge >= 0.3 is 5.97 Å². The SMILES string of the molecule is COC(=O)C(C(C)C)C(C)(O)c1cc(F)c(Cl)cc1Cl. The van der Waals surface area contributed by atoms with Crippen LogP contribution in [0.1, 0.15) is 26.3 Å². The lowest BCUT2D eigenvalue weighted by molar-refractivity contribution is -0.159. The van der Waals surface area contributed by atoms with E-state index in [2.05, 4.69) is 0 Å². The average Bonchev–Trinajstić information content (AvgIpc) is 2.32. The highest BCUT2D eigenvalue weighted by Gasteiger charge is 2.43. The lowest BCUT2D eigenvalue weighted by Crippen LogP contribution is -2.41. The molecule has 20 heavy (non-hydrogen) atoms. The number of carbonyl (C=O) groups is 1. The highest BCUT2D eigenvalue weighted by Crippen LogP contribution is 2.40. The molecule has 1 aromatic rings. The topological polar surface area (TPSA) is 46.5 Å². The van der Waals surface area contributed by atoms with Gasteiger partial charge in [0.2, 0.25) is 0 Å². The van der Waals surface area contributed by atoms with Gasteiger partial charge in [0.25, 0.3) is 0 Å². The molecule has 0 amide bonds. The standard InChI is InChI=1S/C14H17Cl2FO3/c1-7(2)12(13(18)20-4)14(3,19)8-5-11(17)10(16)6-9(8)15/h5-7,12,19H,1-4H3. The normalized spacial score (nSPS) is 15.8. The minimum absolute atomic E-state index is 0.0935. The van der Waals surface area contributed by atoms with Crippen molar-refractivity contribution < 1.29 is 19.0 Å². The Morgan fingerprint density at radius 2 is 1.90 bits per heavy atom. The number of hydrogen-bond acceptors (Lipinski definition) is 3. The fourth-order valence-electron chi connectivity index (χ4n) is 2.36. The number of rotatable bonds is 4. The predicted octanol–water partition coefficient (Wildman–Crippen LogP) is 3.79. The summed E-state index contributed by atoms with van der Waals surface area (Å²) in [6.45, 7) is 4.93. The van der Waals surface area contributed by atoms with Gasteiger partial charge in [0.1, 0.15) is 11.4 Å². The van der Waals surface area contributed by atoms with Gasteiger partial charge in [-0.25, -0.2) is 4.39 Å². The van der Waals surface area contributed by atoms with E-state index in [-0.39, 0.29) is 21.5 Å². The van der Waals surface area contributed by atoms with Crippen molar-refractivity contribution >= 4 is 29.2 Å². The van der Waals surface area contributed by atoms with Crippen molar-refractivity contribution in [3.8, 4) is 0 Å². The van der Waals surface area contributed by atoms with Crippen LogP contribution in [0.5, 0.6) is 0 Å². The zero-order chi connectivity index (χ0) is 15.7. The van der Waals surface area contributed by atoms with Crippen LogP contribution < -0.4 is 0 Å². The third-order valence-corrected chi connectivity index (χ3v) is 3.88. The number of ether oxygens (including phenoxy) is 1. The third-order valence-electron chi connectivity index (χ3n) is 3.28. The Morgan fingerprint density at radius 1 is 1.35 bits per heavy atom. The molecule has 0 fully saturated rings. The van der Waals surface area contributed by atoms with Crippen LogP contribution in [-0.4, -0.2) is 18.2 Å². The second-order valence-corrected chi connectivity index (χ2v) is 5.95. The molecule has 0 radical (unpaired) electrons. The second kappa shape index (κ2) is 6.29. The van der Waals surface area contributed by atoms with Crippen molar-refractivity contribution in [2.75, 3.05) is 7.11 Å². The molecule has 0 aliphatic rings. The molecule has 1 rings (SSSR count). The van der Waals surface area contributed by atoms with E-state index in [1.54, 1.807) is 13.8 Å². The third kappa shape index (κ3) is 3.25. The molecule has 0 saturated heterocycles. The molecule has 3 nitrogen and oxygen atoms in total. The summed E-state index contributed by atoms with van der Waals surface area (Å²) in [6.07, 6.45) is 0. The number of aliphatic hydroxyl groups is 1. The lowest BCUT2D eigenvalue weighted by atomic mass is 9.76. The summed E-state index contributed by atoms with van der Waals surface area (Å²) in [4.78, 5) is 11.9. The maximum absolute atomic E-state index is 13.6. The molecule has 2 atom stereocenters. The molecule has 2 unspecified atom stereocenters. The Kier molecular flexibility index (Phi) is 5.41. The van der Waals surface area contributed by atoms with Crippen LogP contribution in [0.15, 0.2) is 12.1 Å². The van der Waals surface area contributed by atoms with Gasteiger partial charge in [0.05, 0.1) is 18.1 Å². The summed E-state index contributed by atoms with van der Waals surface area (Å²) in [5, 5.41) is 10.7. The summed E-state index contributed by atoms with van der Waals surface area (Å²) in [5.41, 5.74) is -1.57. The number of halogens is 3. The zero-order valence-corrected chi connectivity index (χ0v) is 13.2. The molecule has 1 aromatic carbocycles. The number of benzene rings is 1. The Hall–Kier alpha value is -0.840. The molecule has 0 saturated carbocycles. The molecule has 1 N–H and O–H groups in total. The first kappa shape index (κ1) is 17.2. The maximum Gasteiger partial charge on any atom is 0.312 e. The molecule has 6 heteroatoms. The average molecular weight is 323 g/mol. The molecular weight excluding hydrogens is 306 g/mol. The van der Waals surface area contributed by atoms with E-state index >= 15 is 0 Å². The van der Waals surface area contributed by atoms with Gasteiger partial charge in [-0.1, -0.05) is 37.0 Å². The smallest absolute Gasteiger partial charge is 0.312 e. The van der Waals surface area contributed by atoms with Crippen molar-refractivity contribution in [1.82, 2.24) is 0 Å². The van der Waals surface area contributed by atoms with Crippen LogP contribution in [0.25, 0.3) is 0 Å². The van der Waals surface area contributed by atoms with Crippen LogP contribution in [0.4, 0.5) is 4.39 Å². The van der Waals surface area contributed by atoms with E-state index in [9.17, 15) is 14.3 Å². The van der Waals surface area contributed by atoms with Gasteiger partial charge in [-0.3, -0.25) is 4.79 Å². The number of hydrogen-bond donors (Lipinski definition) is 1. The van der Waals surface area contributed by atoms with Crippen molar-refractivity contribution in [3.05, 3.63) is 33.6 Å². The van der Waals surface area contributed by atoms with Gasteiger partial charge in [0.15, 0.2) is 0 Å². The van der Waals surface area contributed by atoms with E-state index in [1.165, 1.54) is 20.1 Å². The molecule has 0 aromatic heterocycles. The first-order chi connectivity index (χ1) is 9.12. The molecule has 0 heterocycles. The zero-order valence-electron chi connectivity index (χ0n) is 11.7. The molecular formula is C14H17Cl2FO3. The molecule has 0 bridgehead atoms. The fraction of sp³-hybridized carbons (Fsp3) is 0.500. The van der Waals surface area contributed by atoms with Gasteiger partial charge < -0.3 is 9.84 Å². The van der Waals surface area contributed by atoms with Crippen LogP contribution in [0, 0.1) is 17.7 Å². The second-order valence-electron chi connectivity index (χ2n) is 5.14. The van der Waals surface area contributed by atoms with Crippen molar-refractivity contribution in [2.45, 2.75) is 26.4 Å². The summed E-state index contributed by atoms with van der Waals surface area (Å²) in [5.74, 6) is -2.41. The molecule has 0 aliphatic heterocycles. The highest BCUT2D eigenvalue weighted by atomic mass is 35.5. The van der Waals surface area contributed by atoms with Crippen LogP contribution in [-0.2, 0) is 15.1 Å². The van der Waals surface area contributed by atoms with Crippen LogP contribution in [0.3, 0.4) is 0 Å². The summed E-state index contributed by atoms with van der Waals surface area (Å²) in [6, 6.07) is 2.25. The summed E-state index contributed by atoms with van der Waals surface area (Å²) in [7, 11) is 1.23. The number of carbonyl (C=O) groups excluding carboxylic acids is 1. The number of esters is 1. The minimum atomic E-state index is -1.68. The number of methoxy groups -OCH3 is 1. The van der Waals surface area contributed by atoms with E-state index in [0.29, 0.717) is 0 Å². The van der Waals surface area contributed by atoms with Crippen LogP contribution in [0.2, 0.25) is 10.0 Å². The summed E-state index contributed by atoms with van der Waals surface area (Å²) >= 11 is 11.7. The highest BCUT2D eigenvalue weighted by molar-refractivity contribution is 6.35. The van der Waals surface area contributed by atoms with Gasteiger partial charge in [-0.15, -0.1) is 0 Å². The van der Waals surface area contributed by atoms with E-state index in [0.717, 1.165) is 6.07 Å². The first-order valence-corrected chi connectivity index (χ1v) is 6.83. The predicted molar refractivity (Wildman–Crippen MR) is 76.3 cm³/mol. The van der Waals surface area contributed by atoms with Crippen molar-refractivity contribution in [2.24, 2.45) is 11.8 Å². The van der Waals surface area contributed by atoms with E-state index in [1.807, 2.05) is 0 Å². The Labute approximate surface area is 127 Å². The van der Waals surface area contributed by atoms with E-state index in [4.69, 9.17) is 27.9 Å². The molecule has 112 valence electrons. The Bertz CT molecular complexity index is 515. The Morgan fingerprint density at radius 3 is 2.35 bits per heavy atom. The molecule has 0 aliphatic carbocycles. The lowest BCUT2D eigenvalue weighted by Gasteiger charge is -2.34. The Balaban J connectivity index is 3.40. The van der Waals surface area contributed by atoms with E-state index < -0.39 is 23.3 Å². The van der Waals surface area contributed by atoms with Crippen molar-refractivity contribution in [1.29, 1.82) is 0 Å². The fourth-order valence-corrected chi connectivity index (χ4v) is 2.93. The maximum atomic E-state index is 13.6. The van der Waals surface area contributed by atoms with Gasteiger partial charge in [-0.2, -0.15) is 0 Å². The van der Waals surface area contributed by atoms with Gasteiger partial charge in [-0.05, 0) is 25.0 Å². The minimum Gasteiger partial charge on any atom is -0.469 e. The molecule has 0 spiro atoms. The quantitative estimate of drug-likeness (QED) is 0.677. The largest absolute Gasteiger partial charge is 0.469 e. The van der Waals surface area contributed by atoms with Crippen LogP contribution >= 0.6 is 23.2 Å². The van der Waals surface area contributed by atoms with Crippen molar-refractivity contribution in [3.63, 3.8) is 0 Å². The summed E-state index contributed by atoms with van der Waals surface area (Å²) < 4.78 is 18.3.